The third kappa shape index (κ3) is 5.20. The van der Waals surface area contributed by atoms with Crippen LogP contribution in [0.3, 0.4) is 0 Å². The van der Waals surface area contributed by atoms with Crippen molar-refractivity contribution in [1.29, 1.82) is 0 Å². The Kier molecular flexibility index (Phi) is 5.55. The number of nitrogens with one attached hydrogen (secondary N) is 1. The average molecular weight is 273 g/mol. The van der Waals surface area contributed by atoms with Gasteiger partial charge < -0.3 is 5.32 Å². The van der Waals surface area contributed by atoms with Gasteiger partial charge in [0.2, 0.25) is 5.91 Å². The molecular weight excluding hydrogens is 246 g/mol. The molecule has 0 atom stereocenters. The predicted molar refractivity (Wildman–Crippen MR) is 86.6 cm³/mol. The minimum Gasteiger partial charge on any atom is -0.352 e. The molecule has 1 rings (SSSR count). The molecule has 0 heterocycles. The summed E-state index contributed by atoms with van der Waals surface area (Å²) in [7, 11) is 0. The summed E-state index contributed by atoms with van der Waals surface area (Å²) in [4.78, 5) is 11.9. The van der Waals surface area contributed by atoms with E-state index in [1.54, 1.807) is 0 Å². The molecule has 0 bridgehead atoms. The van der Waals surface area contributed by atoms with Crippen molar-refractivity contribution in [2.75, 3.05) is 6.54 Å². The molecule has 0 unspecified atom stereocenters. The van der Waals surface area contributed by atoms with Crippen LogP contribution in [0, 0.1) is 5.92 Å². The zero-order chi connectivity index (χ0) is 15.3. The molecule has 2 nitrogen and oxygen atoms in total. The highest BCUT2D eigenvalue weighted by Gasteiger charge is 2.12. The molecule has 20 heavy (non-hydrogen) atoms. The Morgan fingerprint density at radius 2 is 1.75 bits per heavy atom. The Bertz CT molecular complexity index is 475. The lowest BCUT2D eigenvalue weighted by atomic mass is 9.86. The third-order valence-electron chi connectivity index (χ3n) is 3.19. The summed E-state index contributed by atoms with van der Waals surface area (Å²) in [5, 5.41) is 2.93. The lowest BCUT2D eigenvalue weighted by molar-refractivity contribution is -0.117. The number of carbonyl (C=O) groups is 1. The normalized spacial score (nSPS) is 12.7. The number of hydrogen-bond donors (Lipinski definition) is 1. The molecule has 2 heteroatoms. The van der Waals surface area contributed by atoms with Crippen molar-refractivity contribution < 1.29 is 4.79 Å². The van der Waals surface area contributed by atoms with Crippen LogP contribution in [0.25, 0.3) is 6.08 Å². The van der Waals surface area contributed by atoms with Gasteiger partial charge in [0.25, 0.3) is 0 Å². The molecule has 0 aliphatic rings. The first kappa shape index (κ1) is 16.5. The van der Waals surface area contributed by atoms with E-state index in [4.69, 9.17) is 0 Å². The lowest BCUT2D eigenvalue weighted by Gasteiger charge is -2.18. The highest BCUT2D eigenvalue weighted by Crippen LogP contribution is 2.22. The first-order valence-corrected chi connectivity index (χ1v) is 7.27. The maximum absolute atomic E-state index is 11.9. The van der Waals surface area contributed by atoms with E-state index in [2.05, 4.69) is 64.2 Å². The van der Waals surface area contributed by atoms with Crippen molar-refractivity contribution in [3.05, 3.63) is 41.0 Å². The van der Waals surface area contributed by atoms with Crippen LogP contribution in [0.2, 0.25) is 0 Å². The molecule has 0 aliphatic carbocycles. The van der Waals surface area contributed by atoms with Crippen LogP contribution in [0.1, 0.15) is 52.7 Å². The van der Waals surface area contributed by atoms with Gasteiger partial charge in [-0.05, 0) is 35.5 Å². The zero-order valence-corrected chi connectivity index (χ0v) is 13.6. The van der Waals surface area contributed by atoms with E-state index < -0.39 is 0 Å². The molecule has 1 aromatic rings. The number of rotatable bonds is 4. The Balaban J connectivity index is 2.76. The van der Waals surface area contributed by atoms with Crippen molar-refractivity contribution in [2.45, 2.75) is 47.0 Å². The quantitative estimate of drug-likeness (QED) is 0.820. The molecule has 0 radical (unpaired) electrons. The number of benzene rings is 1. The summed E-state index contributed by atoms with van der Waals surface area (Å²) in [6.07, 6.45) is 1.93. The second-order valence-electron chi connectivity index (χ2n) is 6.80. The van der Waals surface area contributed by atoms with E-state index in [1.807, 2.05) is 13.0 Å². The molecule has 0 aromatic heterocycles. The maximum Gasteiger partial charge on any atom is 0.246 e. The smallest absolute Gasteiger partial charge is 0.246 e. The van der Waals surface area contributed by atoms with Gasteiger partial charge in [0.05, 0.1) is 0 Å². The van der Waals surface area contributed by atoms with Crippen LogP contribution in [-0.2, 0) is 10.2 Å². The lowest BCUT2D eigenvalue weighted by Crippen LogP contribution is -2.27. The highest BCUT2D eigenvalue weighted by molar-refractivity contribution is 5.97. The topological polar surface area (TPSA) is 29.1 Å². The molecule has 0 aliphatic heterocycles. The summed E-state index contributed by atoms with van der Waals surface area (Å²) in [5.74, 6) is 0.483. The van der Waals surface area contributed by atoms with E-state index in [-0.39, 0.29) is 11.3 Å². The van der Waals surface area contributed by atoms with E-state index in [1.165, 1.54) is 5.56 Å². The second kappa shape index (κ2) is 6.74. The number of amides is 1. The minimum atomic E-state index is 0.0126. The summed E-state index contributed by atoms with van der Waals surface area (Å²) in [6, 6.07) is 8.40. The number of carbonyl (C=O) groups excluding carboxylic acids is 1. The van der Waals surface area contributed by atoms with Crippen LogP contribution >= 0.6 is 0 Å². The average Bonchev–Trinajstić information content (AvgIpc) is 2.35. The SMILES string of the molecule is C/C(=C\c1ccc(C(C)(C)C)cc1)C(=O)NCC(C)C. The molecule has 0 saturated heterocycles. The van der Waals surface area contributed by atoms with Crippen LogP contribution in [-0.4, -0.2) is 12.5 Å². The highest BCUT2D eigenvalue weighted by atomic mass is 16.1. The van der Waals surface area contributed by atoms with Gasteiger partial charge in [-0.15, -0.1) is 0 Å². The molecule has 1 amide bonds. The Hall–Kier alpha value is -1.57. The van der Waals surface area contributed by atoms with Crippen molar-refractivity contribution in [2.24, 2.45) is 5.92 Å². The maximum atomic E-state index is 11.9. The van der Waals surface area contributed by atoms with E-state index in [0.29, 0.717) is 12.5 Å². The molecule has 1 aromatic carbocycles. The van der Waals surface area contributed by atoms with Crippen LogP contribution in [0.15, 0.2) is 29.8 Å². The molecule has 1 N–H and O–H groups in total. The summed E-state index contributed by atoms with van der Waals surface area (Å²) >= 11 is 0. The summed E-state index contributed by atoms with van der Waals surface area (Å²) in [5.41, 5.74) is 3.27. The fraction of sp³-hybridized carbons (Fsp3) is 0.500. The summed E-state index contributed by atoms with van der Waals surface area (Å²) < 4.78 is 0. The predicted octanol–water partition coefficient (Wildman–Crippen LogP) is 4.16. The van der Waals surface area contributed by atoms with Crippen molar-refractivity contribution in [3.63, 3.8) is 0 Å². The van der Waals surface area contributed by atoms with Crippen molar-refractivity contribution in [1.82, 2.24) is 5.32 Å². The standard InChI is InChI=1S/C18H27NO/c1-13(2)12-19-17(20)14(3)11-15-7-9-16(10-8-15)18(4,5)6/h7-11,13H,12H2,1-6H3,(H,19,20)/b14-11+. The molecule has 110 valence electrons. The van der Waals surface area contributed by atoms with E-state index in [9.17, 15) is 4.79 Å². The second-order valence-corrected chi connectivity index (χ2v) is 6.80. The van der Waals surface area contributed by atoms with Crippen LogP contribution in [0.4, 0.5) is 0 Å². The Morgan fingerprint density at radius 3 is 2.20 bits per heavy atom. The zero-order valence-electron chi connectivity index (χ0n) is 13.6. The fourth-order valence-corrected chi connectivity index (χ4v) is 1.83. The van der Waals surface area contributed by atoms with Gasteiger partial charge in [-0.3, -0.25) is 4.79 Å². The van der Waals surface area contributed by atoms with Crippen molar-refractivity contribution >= 4 is 12.0 Å². The van der Waals surface area contributed by atoms with Gasteiger partial charge in [-0.1, -0.05) is 58.9 Å². The molecule has 0 spiro atoms. The van der Waals surface area contributed by atoms with Gasteiger partial charge in [0.15, 0.2) is 0 Å². The monoisotopic (exact) mass is 273 g/mol. The van der Waals surface area contributed by atoms with Gasteiger partial charge in [-0.25, -0.2) is 0 Å². The Morgan fingerprint density at radius 1 is 1.20 bits per heavy atom. The largest absolute Gasteiger partial charge is 0.352 e. The van der Waals surface area contributed by atoms with Crippen LogP contribution < -0.4 is 5.32 Å². The van der Waals surface area contributed by atoms with Gasteiger partial charge in [-0.2, -0.15) is 0 Å². The van der Waals surface area contributed by atoms with Crippen molar-refractivity contribution in [3.8, 4) is 0 Å². The summed E-state index contributed by atoms with van der Waals surface area (Å²) in [6.45, 7) is 13.3. The van der Waals surface area contributed by atoms with Crippen LogP contribution in [0.5, 0.6) is 0 Å². The van der Waals surface area contributed by atoms with E-state index in [0.717, 1.165) is 11.1 Å². The van der Waals surface area contributed by atoms with E-state index >= 15 is 0 Å². The van der Waals surface area contributed by atoms with Gasteiger partial charge in [0.1, 0.15) is 0 Å². The fourth-order valence-electron chi connectivity index (χ4n) is 1.83. The number of hydrogen-bond acceptors (Lipinski definition) is 1. The molecule has 0 fully saturated rings. The molecular formula is C18H27NO. The molecule has 0 saturated carbocycles. The van der Waals surface area contributed by atoms with Gasteiger partial charge in [0, 0.05) is 12.1 Å². The minimum absolute atomic E-state index is 0.0126. The van der Waals surface area contributed by atoms with Gasteiger partial charge >= 0.3 is 0 Å². The first-order valence-electron chi connectivity index (χ1n) is 7.27. The third-order valence-corrected chi connectivity index (χ3v) is 3.19. The first-order chi connectivity index (χ1) is 9.20. The Labute approximate surface area is 123 Å².